The summed E-state index contributed by atoms with van der Waals surface area (Å²) in [5.41, 5.74) is 0.777. The molecule has 1 aliphatic rings. The lowest BCUT2D eigenvalue weighted by Gasteiger charge is -2.30. The first-order chi connectivity index (χ1) is 19.7. The monoisotopic (exact) mass is 573 g/mol. The molecule has 0 unspecified atom stereocenters. The van der Waals surface area contributed by atoms with Crippen molar-refractivity contribution in [2.45, 2.75) is 12.8 Å². The van der Waals surface area contributed by atoms with Gasteiger partial charge in [-0.3, -0.25) is 19.7 Å². The summed E-state index contributed by atoms with van der Waals surface area (Å²) in [6.45, 7) is 1.62. The number of nitrogens with zero attached hydrogens (tertiary/aromatic N) is 2. The molecule has 4 rings (SSSR count). The van der Waals surface area contributed by atoms with E-state index >= 15 is 4.39 Å². The van der Waals surface area contributed by atoms with Crippen LogP contribution in [0, 0.1) is 27.3 Å². The van der Waals surface area contributed by atoms with Gasteiger partial charge in [0.05, 0.1) is 46.1 Å². The van der Waals surface area contributed by atoms with Gasteiger partial charge in [0.15, 0.2) is 0 Å². The molecule has 12 heteroatoms. The van der Waals surface area contributed by atoms with E-state index < -0.39 is 28.5 Å². The van der Waals surface area contributed by atoms with Crippen molar-refractivity contribution >= 4 is 40.6 Å². The van der Waals surface area contributed by atoms with E-state index in [9.17, 15) is 25.0 Å². The van der Waals surface area contributed by atoms with Crippen molar-refractivity contribution < 1.29 is 23.6 Å². The van der Waals surface area contributed by atoms with Crippen LogP contribution in [0.1, 0.15) is 18.4 Å². The van der Waals surface area contributed by atoms with Crippen molar-refractivity contribution in [2.75, 3.05) is 23.5 Å². The molecule has 0 saturated carbocycles. The first kappa shape index (κ1) is 28.8. The highest BCUT2D eigenvalue weighted by Gasteiger charge is 2.36. The molecule has 1 aliphatic heterocycles. The Morgan fingerprint density at radius 2 is 1.73 bits per heavy atom. The van der Waals surface area contributed by atoms with Crippen LogP contribution in [0.5, 0.6) is 5.75 Å². The molecule has 3 aromatic carbocycles. The summed E-state index contributed by atoms with van der Waals surface area (Å²) in [5, 5.41) is 30.1. The molecule has 208 valence electrons. The van der Waals surface area contributed by atoms with Gasteiger partial charge < -0.3 is 20.7 Å². The summed E-state index contributed by atoms with van der Waals surface area (Å²) >= 11 is 0.959. The molecule has 3 N–H and O–H groups in total. The van der Waals surface area contributed by atoms with Gasteiger partial charge in [0, 0.05) is 22.9 Å². The summed E-state index contributed by atoms with van der Waals surface area (Å²) in [5.74, 6) is -2.63. The van der Waals surface area contributed by atoms with Crippen molar-refractivity contribution in [3.05, 3.63) is 116 Å². The number of hydrogen-bond acceptors (Lipinski definition) is 8. The van der Waals surface area contributed by atoms with Crippen LogP contribution in [0.25, 0.3) is 0 Å². The third kappa shape index (κ3) is 6.37. The lowest BCUT2D eigenvalue weighted by Crippen LogP contribution is -2.31. The number of hydrogen-bond donors (Lipinski definition) is 3. The fourth-order valence-corrected chi connectivity index (χ4v) is 5.24. The lowest BCUT2D eigenvalue weighted by atomic mass is 9.82. The standard InChI is InChI=1S/C29H24FN5O5S/c1-17-26(28(37)34-22-12-6-8-14-24(22)40-2)27(18-9-3-4-10-20(18)30)19(15-31)29(32-17)41-16-25(36)33-21-11-5-7-13-23(21)35(38)39/h3-14,27,32H,16H2,1-2H3,(H,33,36)(H,34,37)/t27-/m0/s1. The van der Waals surface area contributed by atoms with Crippen molar-refractivity contribution in [1.82, 2.24) is 5.32 Å². The third-order valence-electron chi connectivity index (χ3n) is 6.19. The van der Waals surface area contributed by atoms with Gasteiger partial charge in [0.2, 0.25) is 5.91 Å². The van der Waals surface area contributed by atoms with Gasteiger partial charge in [0.25, 0.3) is 11.6 Å². The maximum Gasteiger partial charge on any atom is 0.292 e. The second-order valence-corrected chi connectivity index (χ2v) is 9.72. The first-order valence-electron chi connectivity index (χ1n) is 12.2. The Hall–Kier alpha value is -5.15. The van der Waals surface area contributed by atoms with E-state index in [4.69, 9.17) is 4.74 Å². The topological polar surface area (TPSA) is 146 Å². The maximum atomic E-state index is 15.1. The minimum atomic E-state index is -1.09. The summed E-state index contributed by atoms with van der Waals surface area (Å²) in [4.78, 5) is 37.0. The number of nitro groups is 1. The van der Waals surface area contributed by atoms with E-state index in [2.05, 4.69) is 22.0 Å². The zero-order chi connectivity index (χ0) is 29.5. The number of thioether (sulfide) groups is 1. The fourth-order valence-electron chi connectivity index (χ4n) is 4.35. The number of anilines is 2. The Kier molecular flexibility index (Phi) is 9.01. The number of allylic oxidation sites excluding steroid dienone is 2. The Labute approximate surface area is 239 Å². The number of nitrogens with one attached hydrogen (secondary N) is 3. The third-order valence-corrected chi connectivity index (χ3v) is 7.20. The van der Waals surface area contributed by atoms with Crippen LogP contribution in [0.3, 0.4) is 0 Å². The number of nitro benzene ring substituents is 1. The van der Waals surface area contributed by atoms with Crippen LogP contribution in [0.2, 0.25) is 0 Å². The molecule has 0 aliphatic carbocycles. The Balaban J connectivity index is 1.66. The molecule has 0 aromatic heterocycles. The van der Waals surface area contributed by atoms with Crippen LogP contribution >= 0.6 is 11.8 Å². The molecule has 0 radical (unpaired) electrons. The van der Waals surface area contributed by atoms with E-state index in [0.717, 1.165) is 11.8 Å². The number of rotatable bonds is 9. The van der Waals surface area contributed by atoms with Crippen molar-refractivity contribution in [2.24, 2.45) is 0 Å². The average molecular weight is 574 g/mol. The fraction of sp³-hybridized carbons (Fsp3) is 0.138. The quantitative estimate of drug-likeness (QED) is 0.226. The lowest BCUT2D eigenvalue weighted by molar-refractivity contribution is -0.383. The molecule has 1 atom stereocenters. The molecule has 1 heterocycles. The number of carbonyl (C=O) groups excluding carboxylic acids is 2. The van der Waals surface area contributed by atoms with Crippen LogP contribution in [0.15, 0.2) is 94.7 Å². The van der Waals surface area contributed by atoms with Crippen LogP contribution in [-0.4, -0.2) is 29.6 Å². The summed E-state index contributed by atoms with van der Waals surface area (Å²) in [6.07, 6.45) is 0. The van der Waals surface area contributed by atoms with Crippen molar-refractivity contribution in [3.63, 3.8) is 0 Å². The zero-order valence-electron chi connectivity index (χ0n) is 21.9. The van der Waals surface area contributed by atoms with Gasteiger partial charge in [-0.15, -0.1) is 0 Å². The second-order valence-electron chi connectivity index (χ2n) is 8.74. The van der Waals surface area contributed by atoms with E-state index in [0.29, 0.717) is 17.1 Å². The van der Waals surface area contributed by atoms with Crippen molar-refractivity contribution in [1.29, 1.82) is 5.26 Å². The van der Waals surface area contributed by atoms with Gasteiger partial charge >= 0.3 is 0 Å². The molecule has 41 heavy (non-hydrogen) atoms. The van der Waals surface area contributed by atoms with Gasteiger partial charge in [-0.1, -0.05) is 54.2 Å². The normalized spacial score (nSPS) is 14.5. The van der Waals surface area contributed by atoms with Gasteiger partial charge in [-0.05, 0) is 31.2 Å². The molecule has 10 nitrogen and oxygen atoms in total. The average Bonchev–Trinajstić information content (AvgIpc) is 2.96. The minimum Gasteiger partial charge on any atom is -0.495 e. The number of carbonyl (C=O) groups is 2. The molecule has 2 amide bonds. The number of halogens is 1. The Bertz CT molecular complexity index is 1630. The Morgan fingerprint density at radius 3 is 2.41 bits per heavy atom. The highest BCUT2D eigenvalue weighted by Crippen LogP contribution is 2.42. The maximum absolute atomic E-state index is 15.1. The second kappa shape index (κ2) is 12.8. The first-order valence-corrected chi connectivity index (χ1v) is 13.2. The predicted molar refractivity (Wildman–Crippen MR) is 153 cm³/mol. The molecular formula is C29H24FN5O5S. The number of benzene rings is 3. The number of dihydropyridines is 1. The predicted octanol–water partition coefficient (Wildman–Crippen LogP) is 5.45. The summed E-state index contributed by atoms with van der Waals surface area (Å²) < 4.78 is 20.4. The summed E-state index contributed by atoms with van der Waals surface area (Å²) in [6, 6.07) is 20.4. The largest absolute Gasteiger partial charge is 0.495 e. The number of methoxy groups -OCH3 is 1. The number of ether oxygens (including phenoxy) is 1. The van der Waals surface area contributed by atoms with Crippen LogP contribution < -0.4 is 20.7 Å². The SMILES string of the molecule is COc1ccccc1NC(=O)C1=C(C)NC(SCC(=O)Nc2ccccc2[N+](=O)[O-])=C(C#N)[C@@H]1c1ccccc1F. The summed E-state index contributed by atoms with van der Waals surface area (Å²) in [7, 11) is 1.46. The molecule has 0 bridgehead atoms. The van der Waals surface area contributed by atoms with E-state index in [1.165, 1.54) is 43.5 Å². The van der Waals surface area contributed by atoms with Gasteiger partial charge in [-0.25, -0.2) is 4.39 Å². The Morgan fingerprint density at radius 1 is 1.07 bits per heavy atom. The number of para-hydroxylation sites is 4. The zero-order valence-corrected chi connectivity index (χ0v) is 22.8. The van der Waals surface area contributed by atoms with Crippen molar-refractivity contribution in [3.8, 4) is 11.8 Å². The van der Waals surface area contributed by atoms with Crippen LogP contribution in [0.4, 0.5) is 21.5 Å². The molecule has 0 saturated heterocycles. The highest BCUT2D eigenvalue weighted by atomic mass is 32.2. The number of nitriles is 1. The van der Waals surface area contributed by atoms with E-state index in [1.807, 2.05) is 0 Å². The number of amides is 2. The smallest absolute Gasteiger partial charge is 0.292 e. The van der Waals surface area contributed by atoms with Gasteiger partial charge in [0.1, 0.15) is 17.3 Å². The molecule has 0 spiro atoms. The van der Waals surface area contributed by atoms with E-state index in [1.54, 1.807) is 43.3 Å². The molecular weight excluding hydrogens is 549 g/mol. The van der Waals surface area contributed by atoms with E-state index in [-0.39, 0.29) is 38.9 Å². The molecule has 3 aromatic rings. The van der Waals surface area contributed by atoms with Gasteiger partial charge in [-0.2, -0.15) is 5.26 Å². The molecule has 0 fully saturated rings. The highest BCUT2D eigenvalue weighted by molar-refractivity contribution is 8.03. The minimum absolute atomic E-state index is 0.0322. The van der Waals surface area contributed by atoms with Crippen LogP contribution in [-0.2, 0) is 9.59 Å².